The van der Waals surface area contributed by atoms with Crippen LogP contribution in [0.15, 0.2) is 36.4 Å². The van der Waals surface area contributed by atoms with Crippen molar-refractivity contribution in [1.29, 1.82) is 5.26 Å². The average Bonchev–Trinajstić information content (AvgIpc) is 2.89. The molecule has 0 N–H and O–H groups in total. The van der Waals surface area contributed by atoms with Crippen LogP contribution >= 0.6 is 0 Å². The summed E-state index contributed by atoms with van der Waals surface area (Å²) in [5.74, 6) is -3.83. The Kier molecular flexibility index (Phi) is 4.67. The molecule has 0 saturated carbocycles. The highest BCUT2D eigenvalue weighted by Crippen LogP contribution is 2.25. The largest absolute Gasteiger partial charge is 0.483 e. The van der Waals surface area contributed by atoms with E-state index >= 15 is 0 Å². The minimum absolute atomic E-state index is 0.118. The first-order valence-corrected chi connectivity index (χ1v) is 7.73. The maximum absolute atomic E-state index is 13.7. The number of aromatic nitrogens is 2. The van der Waals surface area contributed by atoms with E-state index in [1.165, 1.54) is 0 Å². The van der Waals surface area contributed by atoms with Gasteiger partial charge in [0, 0.05) is 23.4 Å². The summed E-state index contributed by atoms with van der Waals surface area (Å²) in [6.45, 7) is 3.44. The Labute approximate surface area is 148 Å². The molecule has 1 heterocycles. The van der Waals surface area contributed by atoms with Crippen molar-refractivity contribution in [2.45, 2.75) is 20.5 Å². The van der Waals surface area contributed by atoms with Crippen LogP contribution in [0.5, 0.6) is 5.75 Å². The van der Waals surface area contributed by atoms with Crippen molar-refractivity contribution in [2.24, 2.45) is 0 Å². The Bertz CT molecular complexity index is 981. The van der Waals surface area contributed by atoms with Crippen molar-refractivity contribution < 1.29 is 17.9 Å². The number of hydrogen-bond acceptors (Lipinski definition) is 3. The van der Waals surface area contributed by atoms with Gasteiger partial charge in [-0.25, -0.2) is 17.9 Å². The Hall–Kier alpha value is -3.27. The zero-order valence-corrected chi connectivity index (χ0v) is 14.1. The van der Waals surface area contributed by atoms with Crippen LogP contribution < -0.4 is 4.74 Å². The van der Waals surface area contributed by atoms with Crippen molar-refractivity contribution in [2.75, 3.05) is 0 Å². The van der Waals surface area contributed by atoms with Crippen molar-refractivity contribution in [3.63, 3.8) is 0 Å². The molecule has 0 amide bonds. The molecule has 26 heavy (non-hydrogen) atoms. The molecule has 0 bridgehead atoms. The number of nitriles is 1. The van der Waals surface area contributed by atoms with Gasteiger partial charge in [-0.05, 0) is 38.1 Å². The van der Waals surface area contributed by atoms with Gasteiger partial charge < -0.3 is 4.74 Å². The smallest absolute Gasteiger partial charge is 0.191 e. The molecule has 4 nitrogen and oxygen atoms in total. The third-order valence-electron chi connectivity index (χ3n) is 4.01. The molecule has 0 radical (unpaired) electrons. The minimum atomic E-state index is -1.10. The summed E-state index contributed by atoms with van der Waals surface area (Å²) in [6.07, 6.45) is 0. The Balaban J connectivity index is 1.88. The van der Waals surface area contributed by atoms with Gasteiger partial charge in [-0.2, -0.15) is 10.4 Å². The first-order valence-electron chi connectivity index (χ1n) is 7.73. The van der Waals surface area contributed by atoms with Crippen molar-refractivity contribution in [3.8, 4) is 17.5 Å². The molecule has 132 valence electrons. The standard InChI is InChI=1S/C19H14F3N3O/c1-11-16(10-26-19-17(21)7-14(20)8-18(19)22)12(2)25(24-11)15-5-3-13(9-23)4-6-15/h3-8H,10H2,1-2H3. The van der Waals surface area contributed by atoms with Gasteiger partial charge in [0.15, 0.2) is 17.4 Å². The molecule has 1 aromatic heterocycles. The van der Waals surface area contributed by atoms with Crippen molar-refractivity contribution in [3.05, 3.63) is 76.4 Å². The van der Waals surface area contributed by atoms with E-state index in [2.05, 4.69) is 5.10 Å². The normalized spacial score (nSPS) is 10.6. The number of rotatable bonds is 4. The molecule has 0 unspecified atom stereocenters. The predicted molar refractivity (Wildman–Crippen MR) is 88.4 cm³/mol. The van der Waals surface area contributed by atoms with E-state index in [1.807, 2.05) is 6.07 Å². The molecule has 2 aromatic carbocycles. The fraction of sp³-hybridized carbons (Fsp3) is 0.158. The number of aryl methyl sites for hydroxylation is 1. The first-order chi connectivity index (χ1) is 12.4. The summed E-state index contributed by atoms with van der Waals surface area (Å²) >= 11 is 0. The molecule has 3 rings (SSSR count). The lowest BCUT2D eigenvalue weighted by Crippen LogP contribution is -2.03. The van der Waals surface area contributed by atoms with Crippen LogP contribution in [0.4, 0.5) is 13.2 Å². The molecule has 0 fully saturated rings. The van der Waals surface area contributed by atoms with Gasteiger partial charge in [0.2, 0.25) is 0 Å². The van der Waals surface area contributed by atoms with Crippen LogP contribution in [0.1, 0.15) is 22.5 Å². The van der Waals surface area contributed by atoms with Crippen LogP contribution in [-0.2, 0) is 6.61 Å². The highest BCUT2D eigenvalue weighted by atomic mass is 19.1. The second-order valence-electron chi connectivity index (χ2n) is 5.71. The van der Waals surface area contributed by atoms with E-state index in [9.17, 15) is 13.2 Å². The van der Waals surface area contributed by atoms with Crippen LogP contribution in [-0.4, -0.2) is 9.78 Å². The molecule has 3 aromatic rings. The van der Waals surface area contributed by atoms with Gasteiger partial charge >= 0.3 is 0 Å². The molecule has 7 heteroatoms. The summed E-state index contributed by atoms with van der Waals surface area (Å²) in [6, 6.07) is 10.0. The lowest BCUT2D eigenvalue weighted by atomic mass is 10.2. The second-order valence-corrected chi connectivity index (χ2v) is 5.71. The fourth-order valence-corrected chi connectivity index (χ4v) is 2.62. The second kappa shape index (κ2) is 6.92. The Morgan fingerprint density at radius 3 is 2.27 bits per heavy atom. The first kappa shape index (κ1) is 17.5. The third kappa shape index (κ3) is 3.26. The quantitative estimate of drug-likeness (QED) is 0.697. The third-order valence-corrected chi connectivity index (χ3v) is 4.01. The number of nitrogens with zero attached hydrogens (tertiary/aromatic N) is 3. The topological polar surface area (TPSA) is 50.8 Å². The van der Waals surface area contributed by atoms with Gasteiger partial charge in [-0.1, -0.05) is 0 Å². The highest BCUT2D eigenvalue weighted by molar-refractivity contribution is 5.41. The predicted octanol–water partition coefficient (Wildman–Crippen LogP) is 4.36. The summed E-state index contributed by atoms with van der Waals surface area (Å²) < 4.78 is 47.3. The van der Waals surface area contributed by atoms with E-state index < -0.39 is 23.2 Å². The van der Waals surface area contributed by atoms with Gasteiger partial charge in [-0.15, -0.1) is 0 Å². The lowest BCUT2D eigenvalue weighted by molar-refractivity contribution is 0.271. The molecule has 0 saturated heterocycles. The van der Waals surface area contributed by atoms with E-state index in [0.29, 0.717) is 29.0 Å². The van der Waals surface area contributed by atoms with Crippen LogP contribution in [0.2, 0.25) is 0 Å². The Morgan fingerprint density at radius 1 is 1.08 bits per heavy atom. The van der Waals surface area contributed by atoms with Gasteiger partial charge in [0.1, 0.15) is 12.4 Å². The summed E-state index contributed by atoms with van der Waals surface area (Å²) in [4.78, 5) is 0. The van der Waals surface area contributed by atoms with Crippen LogP contribution in [0, 0.1) is 42.6 Å². The number of hydrogen-bond donors (Lipinski definition) is 0. The maximum atomic E-state index is 13.7. The van der Waals surface area contributed by atoms with Gasteiger partial charge in [0.25, 0.3) is 0 Å². The summed E-state index contributed by atoms with van der Waals surface area (Å²) in [5.41, 5.74) is 3.30. The number of benzene rings is 2. The summed E-state index contributed by atoms with van der Waals surface area (Å²) in [5, 5.41) is 13.3. The molecule has 0 aliphatic heterocycles. The van der Waals surface area contributed by atoms with Crippen molar-refractivity contribution in [1.82, 2.24) is 9.78 Å². The zero-order chi connectivity index (χ0) is 18.8. The van der Waals surface area contributed by atoms with Crippen molar-refractivity contribution >= 4 is 0 Å². The van der Waals surface area contributed by atoms with Crippen LogP contribution in [0.25, 0.3) is 5.69 Å². The SMILES string of the molecule is Cc1nn(-c2ccc(C#N)cc2)c(C)c1COc1c(F)cc(F)cc1F. The molecule has 0 atom stereocenters. The molecule has 0 spiro atoms. The number of ether oxygens (including phenoxy) is 1. The lowest BCUT2D eigenvalue weighted by Gasteiger charge is -2.09. The van der Waals surface area contributed by atoms with Gasteiger partial charge in [-0.3, -0.25) is 0 Å². The Morgan fingerprint density at radius 2 is 1.69 bits per heavy atom. The monoisotopic (exact) mass is 357 g/mol. The number of halogens is 3. The highest BCUT2D eigenvalue weighted by Gasteiger charge is 2.17. The van der Waals surface area contributed by atoms with E-state index in [-0.39, 0.29) is 6.61 Å². The fourth-order valence-electron chi connectivity index (χ4n) is 2.62. The van der Waals surface area contributed by atoms with E-state index in [4.69, 9.17) is 10.00 Å². The summed E-state index contributed by atoms with van der Waals surface area (Å²) in [7, 11) is 0. The zero-order valence-electron chi connectivity index (χ0n) is 14.1. The molecular formula is C19H14F3N3O. The molecule has 0 aliphatic carbocycles. The average molecular weight is 357 g/mol. The maximum Gasteiger partial charge on any atom is 0.191 e. The molecule has 0 aliphatic rings. The van der Waals surface area contributed by atoms with Crippen LogP contribution in [0.3, 0.4) is 0 Å². The molecular weight excluding hydrogens is 343 g/mol. The minimum Gasteiger partial charge on any atom is -0.483 e. The van der Waals surface area contributed by atoms with Gasteiger partial charge in [0.05, 0.1) is 23.0 Å². The van der Waals surface area contributed by atoms with E-state index in [1.54, 1.807) is 42.8 Å². The van der Waals surface area contributed by atoms with E-state index in [0.717, 1.165) is 11.4 Å².